The summed E-state index contributed by atoms with van der Waals surface area (Å²) in [5, 5.41) is 7.25. The molecule has 0 fully saturated rings. The van der Waals surface area contributed by atoms with Gasteiger partial charge in [-0.2, -0.15) is 8.78 Å². The van der Waals surface area contributed by atoms with Gasteiger partial charge >= 0.3 is 5.25 Å². The summed E-state index contributed by atoms with van der Waals surface area (Å²) in [6.45, 7) is 0. The number of nitro groups is 1. The average Bonchev–Trinajstić information content (AvgIpc) is 2.26. The standard InChI is InChI=1S/C8H5Cl2F2NO2S2/c9-7(10)8(11,12)17-16-6-4-2-1-3-5(6)13(14)15/h1-4,7H. The second-order valence-electron chi connectivity index (χ2n) is 2.75. The summed E-state index contributed by atoms with van der Waals surface area (Å²) in [4.78, 5) is 8.23. The maximum absolute atomic E-state index is 13.1. The molecule has 9 heteroatoms. The van der Waals surface area contributed by atoms with Crippen molar-refractivity contribution in [2.45, 2.75) is 15.0 Å². The van der Waals surface area contributed by atoms with E-state index in [0.717, 1.165) is 0 Å². The Morgan fingerprint density at radius 3 is 2.47 bits per heavy atom. The fraction of sp³-hybridized carbons (Fsp3) is 0.250. The van der Waals surface area contributed by atoms with Crippen LogP contribution in [-0.2, 0) is 0 Å². The first-order chi connectivity index (χ1) is 7.84. The monoisotopic (exact) mass is 319 g/mol. The molecule has 0 aliphatic carbocycles. The lowest BCUT2D eigenvalue weighted by molar-refractivity contribution is -0.387. The molecule has 0 N–H and O–H groups in total. The zero-order chi connectivity index (χ0) is 13.1. The van der Waals surface area contributed by atoms with Crippen LogP contribution in [-0.4, -0.2) is 15.0 Å². The number of halogens is 4. The molecular formula is C8H5Cl2F2NO2S2. The number of para-hydroxylation sites is 1. The van der Waals surface area contributed by atoms with Gasteiger partial charge in [0.15, 0.2) is 4.84 Å². The van der Waals surface area contributed by atoms with Crippen LogP contribution < -0.4 is 0 Å². The lowest BCUT2D eigenvalue weighted by Crippen LogP contribution is -2.18. The van der Waals surface area contributed by atoms with Crippen molar-refractivity contribution in [3.63, 3.8) is 0 Å². The maximum Gasteiger partial charge on any atom is 0.333 e. The van der Waals surface area contributed by atoms with Gasteiger partial charge in [0, 0.05) is 6.07 Å². The molecule has 0 spiro atoms. The van der Waals surface area contributed by atoms with Crippen molar-refractivity contribution in [3.05, 3.63) is 34.4 Å². The van der Waals surface area contributed by atoms with Crippen LogP contribution in [0.3, 0.4) is 0 Å². The number of benzene rings is 1. The second-order valence-corrected chi connectivity index (χ2v) is 6.17. The Morgan fingerprint density at radius 1 is 1.35 bits per heavy atom. The molecule has 0 heterocycles. The maximum atomic E-state index is 13.1. The van der Waals surface area contributed by atoms with Crippen LogP contribution in [0.5, 0.6) is 0 Å². The van der Waals surface area contributed by atoms with E-state index in [1.807, 2.05) is 0 Å². The zero-order valence-corrected chi connectivity index (χ0v) is 11.1. The summed E-state index contributed by atoms with van der Waals surface area (Å²) in [6, 6.07) is 5.59. The summed E-state index contributed by atoms with van der Waals surface area (Å²) >= 11 is 10.2. The smallest absolute Gasteiger partial charge is 0.258 e. The number of rotatable bonds is 5. The van der Waals surface area contributed by atoms with Crippen LogP contribution in [0.15, 0.2) is 29.2 Å². The van der Waals surface area contributed by atoms with E-state index in [4.69, 9.17) is 23.2 Å². The highest BCUT2D eigenvalue weighted by atomic mass is 35.5. The van der Waals surface area contributed by atoms with E-state index < -0.39 is 15.0 Å². The van der Waals surface area contributed by atoms with E-state index in [1.165, 1.54) is 24.3 Å². The molecule has 0 unspecified atom stereocenters. The van der Waals surface area contributed by atoms with Crippen LogP contribution in [0.1, 0.15) is 0 Å². The summed E-state index contributed by atoms with van der Waals surface area (Å²) in [5.41, 5.74) is -0.235. The van der Waals surface area contributed by atoms with Gasteiger partial charge in [-0.15, -0.1) is 0 Å². The third-order valence-electron chi connectivity index (χ3n) is 1.56. The lowest BCUT2D eigenvalue weighted by atomic mass is 10.3. The summed E-state index contributed by atoms with van der Waals surface area (Å²) in [6.07, 6.45) is 0. The van der Waals surface area contributed by atoms with Gasteiger partial charge in [0.25, 0.3) is 5.69 Å². The van der Waals surface area contributed by atoms with Gasteiger partial charge in [-0.05, 0) is 27.7 Å². The van der Waals surface area contributed by atoms with Gasteiger partial charge < -0.3 is 0 Å². The predicted octanol–water partition coefficient (Wildman–Crippen LogP) is 4.73. The van der Waals surface area contributed by atoms with E-state index in [2.05, 4.69) is 0 Å². The van der Waals surface area contributed by atoms with Gasteiger partial charge in [0.1, 0.15) is 0 Å². The summed E-state index contributed by atoms with van der Waals surface area (Å²) in [7, 11) is 0.653. The van der Waals surface area contributed by atoms with E-state index in [9.17, 15) is 18.9 Å². The van der Waals surface area contributed by atoms with Crippen molar-refractivity contribution < 1.29 is 13.7 Å². The highest BCUT2D eigenvalue weighted by molar-refractivity contribution is 8.77. The Bertz CT molecular complexity index is 420. The predicted molar refractivity (Wildman–Crippen MR) is 67.0 cm³/mol. The Labute approximate surface area is 113 Å². The molecule has 0 saturated carbocycles. The lowest BCUT2D eigenvalue weighted by Gasteiger charge is -2.15. The first-order valence-corrected chi connectivity index (χ1v) is 7.12. The van der Waals surface area contributed by atoms with Crippen LogP contribution in [0.2, 0.25) is 0 Å². The molecule has 0 saturated heterocycles. The molecule has 1 aromatic carbocycles. The second kappa shape index (κ2) is 6.08. The number of alkyl halides is 4. The quantitative estimate of drug-likeness (QED) is 0.340. The minimum Gasteiger partial charge on any atom is -0.258 e. The van der Waals surface area contributed by atoms with E-state index >= 15 is 0 Å². The van der Waals surface area contributed by atoms with Crippen LogP contribution >= 0.6 is 44.8 Å². The Hall–Kier alpha value is -0.240. The highest BCUT2D eigenvalue weighted by Crippen LogP contribution is 2.49. The van der Waals surface area contributed by atoms with Gasteiger partial charge in [0.2, 0.25) is 0 Å². The largest absolute Gasteiger partial charge is 0.333 e. The Balaban J connectivity index is 2.79. The SMILES string of the molecule is O=[N+]([O-])c1ccccc1SSC(F)(F)C(Cl)Cl. The first-order valence-electron chi connectivity index (χ1n) is 4.09. The number of hydrogen-bond donors (Lipinski definition) is 0. The molecule has 0 aromatic heterocycles. The molecule has 1 rings (SSSR count). The molecule has 0 radical (unpaired) electrons. The molecule has 3 nitrogen and oxygen atoms in total. The van der Waals surface area contributed by atoms with Crippen molar-refractivity contribution in [1.82, 2.24) is 0 Å². The molecule has 94 valence electrons. The molecule has 0 aliphatic rings. The van der Waals surface area contributed by atoms with Gasteiger partial charge in [0.05, 0.1) is 9.82 Å². The van der Waals surface area contributed by atoms with Crippen LogP contribution in [0, 0.1) is 10.1 Å². The highest BCUT2D eigenvalue weighted by Gasteiger charge is 2.39. The van der Waals surface area contributed by atoms with E-state index in [1.54, 1.807) is 0 Å². The molecular weight excluding hydrogens is 315 g/mol. The zero-order valence-electron chi connectivity index (χ0n) is 7.98. The fourth-order valence-corrected chi connectivity index (χ4v) is 3.35. The number of nitrogens with zero attached hydrogens (tertiary/aromatic N) is 1. The third-order valence-corrected chi connectivity index (χ3v) is 4.89. The topological polar surface area (TPSA) is 43.1 Å². The van der Waals surface area contributed by atoms with Crippen molar-refractivity contribution in [2.75, 3.05) is 0 Å². The molecule has 1 aromatic rings. The van der Waals surface area contributed by atoms with Crippen molar-refractivity contribution in [2.24, 2.45) is 0 Å². The molecule has 17 heavy (non-hydrogen) atoms. The van der Waals surface area contributed by atoms with Crippen molar-refractivity contribution in [3.8, 4) is 0 Å². The minimum absolute atomic E-state index is 0.0865. The third kappa shape index (κ3) is 4.17. The molecule has 0 aliphatic heterocycles. The van der Waals surface area contributed by atoms with Gasteiger partial charge in [-0.25, -0.2) is 0 Å². The molecule has 0 amide bonds. The fourth-order valence-electron chi connectivity index (χ4n) is 0.815. The minimum atomic E-state index is -3.38. The normalized spacial score (nSPS) is 11.8. The van der Waals surface area contributed by atoms with E-state index in [-0.39, 0.29) is 21.4 Å². The number of nitro benzene ring substituents is 1. The van der Waals surface area contributed by atoms with Crippen LogP contribution in [0.25, 0.3) is 0 Å². The first kappa shape index (κ1) is 14.8. The van der Waals surface area contributed by atoms with Gasteiger partial charge in [-0.3, -0.25) is 10.1 Å². The summed E-state index contributed by atoms with van der Waals surface area (Å²) in [5.74, 6) is 0. The summed E-state index contributed by atoms with van der Waals surface area (Å²) < 4.78 is 26.1. The number of hydrogen-bond acceptors (Lipinski definition) is 4. The van der Waals surface area contributed by atoms with E-state index in [0.29, 0.717) is 10.8 Å². The average molecular weight is 320 g/mol. The van der Waals surface area contributed by atoms with Gasteiger partial charge in [-0.1, -0.05) is 35.3 Å². The van der Waals surface area contributed by atoms with Crippen molar-refractivity contribution >= 4 is 50.5 Å². The molecule has 0 atom stereocenters. The Morgan fingerprint density at radius 2 is 1.94 bits per heavy atom. The van der Waals surface area contributed by atoms with Crippen LogP contribution in [0.4, 0.5) is 14.5 Å². The molecule has 0 bridgehead atoms. The van der Waals surface area contributed by atoms with Crippen molar-refractivity contribution in [1.29, 1.82) is 0 Å². The Kier molecular flexibility index (Phi) is 5.30.